The first kappa shape index (κ1) is 14.3. The molecule has 1 aromatic heterocycles. The molecule has 0 spiro atoms. The van der Waals surface area contributed by atoms with Crippen molar-refractivity contribution in [2.45, 2.75) is 46.2 Å². The molecule has 0 aromatic carbocycles. The molecule has 0 saturated heterocycles. The number of hydrogen-bond acceptors (Lipinski definition) is 3. The maximum Gasteiger partial charge on any atom is 0.0947 e. The molecule has 0 aliphatic rings. The Morgan fingerprint density at radius 2 is 2.12 bits per heavy atom. The predicted octanol–water partition coefficient (Wildman–Crippen LogP) is 2.87. The van der Waals surface area contributed by atoms with Crippen LogP contribution in [-0.2, 0) is 6.54 Å². The van der Waals surface area contributed by atoms with Gasteiger partial charge in [-0.1, -0.05) is 20.8 Å². The summed E-state index contributed by atoms with van der Waals surface area (Å²) in [6.45, 7) is 8.67. The van der Waals surface area contributed by atoms with Gasteiger partial charge < -0.3 is 15.1 Å². The second-order valence-electron chi connectivity index (χ2n) is 6.18. The third kappa shape index (κ3) is 6.49. The largest absolute Gasteiger partial charge is 0.472 e. The Morgan fingerprint density at radius 1 is 1.41 bits per heavy atom. The van der Waals surface area contributed by atoms with Crippen LogP contribution in [0.2, 0.25) is 0 Å². The van der Waals surface area contributed by atoms with Crippen molar-refractivity contribution in [3.63, 3.8) is 0 Å². The van der Waals surface area contributed by atoms with Gasteiger partial charge >= 0.3 is 0 Å². The third-order valence-corrected chi connectivity index (χ3v) is 2.79. The van der Waals surface area contributed by atoms with Gasteiger partial charge in [-0.25, -0.2) is 0 Å². The molecule has 0 fully saturated rings. The zero-order valence-electron chi connectivity index (χ0n) is 11.6. The van der Waals surface area contributed by atoms with Gasteiger partial charge in [-0.15, -0.1) is 0 Å². The van der Waals surface area contributed by atoms with Gasteiger partial charge in [0.2, 0.25) is 0 Å². The molecule has 1 heterocycles. The predicted molar refractivity (Wildman–Crippen MR) is 71.7 cm³/mol. The number of hydrogen-bond donors (Lipinski definition) is 1. The van der Waals surface area contributed by atoms with Gasteiger partial charge in [0.1, 0.15) is 0 Å². The maximum atomic E-state index is 6.14. The zero-order valence-corrected chi connectivity index (χ0v) is 11.6. The third-order valence-electron chi connectivity index (χ3n) is 2.79. The molecule has 3 heteroatoms. The van der Waals surface area contributed by atoms with E-state index in [2.05, 4.69) is 32.7 Å². The minimum atomic E-state index is 0.293. The molecule has 0 aliphatic carbocycles. The lowest BCUT2D eigenvalue weighted by atomic mass is 9.87. The van der Waals surface area contributed by atoms with Crippen molar-refractivity contribution in [1.82, 2.24) is 4.90 Å². The Bertz CT molecular complexity index is 301. The van der Waals surface area contributed by atoms with E-state index in [1.165, 1.54) is 5.56 Å². The highest BCUT2D eigenvalue weighted by Gasteiger charge is 2.15. The van der Waals surface area contributed by atoms with Gasteiger partial charge in [0.15, 0.2) is 0 Å². The molecule has 3 nitrogen and oxygen atoms in total. The fourth-order valence-electron chi connectivity index (χ4n) is 2.05. The van der Waals surface area contributed by atoms with Crippen molar-refractivity contribution < 1.29 is 4.42 Å². The van der Waals surface area contributed by atoms with Gasteiger partial charge in [-0.3, -0.25) is 0 Å². The molecular weight excluding hydrogens is 212 g/mol. The van der Waals surface area contributed by atoms with E-state index >= 15 is 0 Å². The highest BCUT2D eigenvalue weighted by molar-refractivity contribution is 5.04. The molecule has 1 atom stereocenters. The van der Waals surface area contributed by atoms with E-state index in [0.717, 1.165) is 25.9 Å². The number of nitrogens with two attached hydrogens (primary N) is 1. The lowest BCUT2D eigenvalue weighted by molar-refractivity contribution is 0.277. The fourth-order valence-corrected chi connectivity index (χ4v) is 2.05. The van der Waals surface area contributed by atoms with Crippen LogP contribution in [0, 0.1) is 5.41 Å². The fraction of sp³-hybridized carbons (Fsp3) is 0.714. The Kier molecular flexibility index (Phi) is 5.22. The van der Waals surface area contributed by atoms with Crippen molar-refractivity contribution in [2.75, 3.05) is 13.6 Å². The quantitative estimate of drug-likeness (QED) is 0.828. The summed E-state index contributed by atoms with van der Waals surface area (Å²) in [6.07, 6.45) is 5.64. The van der Waals surface area contributed by atoms with Crippen molar-refractivity contribution in [2.24, 2.45) is 11.1 Å². The van der Waals surface area contributed by atoms with Crippen LogP contribution < -0.4 is 5.73 Å². The van der Waals surface area contributed by atoms with Crippen molar-refractivity contribution in [1.29, 1.82) is 0 Å². The molecule has 0 saturated carbocycles. The van der Waals surface area contributed by atoms with Gasteiger partial charge in [-0.05, 0) is 37.9 Å². The standard InChI is InChI=1S/C14H26N2O/c1-14(2,3)9-13(15)5-7-16(4)10-12-6-8-17-11-12/h6,8,11,13H,5,7,9-10,15H2,1-4H3. The normalized spacial score (nSPS) is 14.2. The van der Waals surface area contributed by atoms with Gasteiger partial charge in [0.25, 0.3) is 0 Å². The topological polar surface area (TPSA) is 42.4 Å². The molecule has 0 aliphatic heterocycles. The minimum Gasteiger partial charge on any atom is -0.472 e. The van der Waals surface area contributed by atoms with E-state index in [0.29, 0.717) is 11.5 Å². The first-order valence-electron chi connectivity index (χ1n) is 6.32. The molecule has 98 valence electrons. The van der Waals surface area contributed by atoms with Crippen LogP contribution in [0.5, 0.6) is 0 Å². The van der Waals surface area contributed by atoms with Crippen LogP contribution in [0.15, 0.2) is 23.0 Å². The summed E-state index contributed by atoms with van der Waals surface area (Å²) in [5.74, 6) is 0. The van der Waals surface area contributed by atoms with E-state index in [4.69, 9.17) is 10.2 Å². The van der Waals surface area contributed by atoms with E-state index < -0.39 is 0 Å². The summed E-state index contributed by atoms with van der Waals surface area (Å²) in [7, 11) is 2.12. The van der Waals surface area contributed by atoms with Crippen molar-refractivity contribution >= 4 is 0 Å². The minimum absolute atomic E-state index is 0.293. The summed E-state index contributed by atoms with van der Waals surface area (Å²) in [5, 5.41) is 0. The molecule has 0 bridgehead atoms. The van der Waals surface area contributed by atoms with E-state index in [1.54, 1.807) is 12.5 Å². The molecule has 17 heavy (non-hydrogen) atoms. The summed E-state index contributed by atoms with van der Waals surface area (Å²) in [5.41, 5.74) is 7.68. The van der Waals surface area contributed by atoms with Crippen molar-refractivity contribution in [3.05, 3.63) is 24.2 Å². The van der Waals surface area contributed by atoms with Crippen LogP contribution >= 0.6 is 0 Å². The zero-order chi connectivity index (χ0) is 12.9. The Hall–Kier alpha value is -0.800. The lowest BCUT2D eigenvalue weighted by Gasteiger charge is -2.25. The second-order valence-corrected chi connectivity index (χ2v) is 6.18. The average molecular weight is 238 g/mol. The van der Waals surface area contributed by atoms with Gasteiger partial charge in [-0.2, -0.15) is 0 Å². The highest BCUT2D eigenvalue weighted by Crippen LogP contribution is 2.21. The highest BCUT2D eigenvalue weighted by atomic mass is 16.3. The van der Waals surface area contributed by atoms with Gasteiger partial charge in [0, 0.05) is 18.2 Å². The maximum absolute atomic E-state index is 6.14. The summed E-state index contributed by atoms with van der Waals surface area (Å²) in [6, 6.07) is 2.30. The van der Waals surface area contributed by atoms with Crippen LogP contribution in [0.3, 0.4) is 0 Å². The molecule has 0 radical (unpaired) electrons. The smallest absolute Gasteiger partial charge is 0.0947 e. The van der Waals surface area contributed by atoms with Gasteiger partial charge in [0.05, 0.1) is 12.5 Å². The summed E-state index contributed by atoms with van der Waals surface area (Å²) < 4.78 is 5.06. The van der Waals surface area contributed by atoms with Crippen molar-refractivity contribution in [3.8, 4) is 0 Å². The second kappa shape index (κ2) is 6.22. The number of nitrogens with zero attached hydrogens (tertiary/aromatic N) is 1. The van der Waals surface area contributed by atoms with E-state index in [9.17, 15) is 0 Å². The summed E-state index contributed by atoms with van der Waals surface area (Å²) >= 11 is 0. The molecule has 0 amide bonds. The van der Waals surface area contributed by atoms with E-state index in [-0.39, 0.29) is 0 Å². The molecule has 1 aromatic rings. The molecular formula is C14H26N2O. The molecule has 2 N–H and O–H groups in total. The van der Waals surface area contributed by atoms with E-state index in [1.807, 2.05) is 6.07 Å². The molecule has 1 rings (SSSR count). The lowest BCUT2D eigenvalue weighted by Crippen LogP contribution is -2.31. The number of furan rings is 1. The molecule has 1 unspecified atom stereocenters. The summed E-state index contributed by atoms with van der Waals surface area (Å²) in [4.78, 5) is 2.29. The first-order valence-corrected chi connectivity index (χ1v) is 6.32. The SMILES string of the molecule is CN(CCC(N)CC(C)(C)C)Cc1ccoc1. The Morgan fingerprint density at radius 3 is 2.65 bits per heavy atom. The van der Waals surface area contributed by atoms with Crippen LogP contribution in [0.25, 0.3) is 0 Å². The average Bonchev–Trinajstić information content (AvgIpc) is 2.64. The van der Waals surface area contributed by atoms with Crippen LogP contribution in [-0.4, -0.2) is 24.5 Å². The van der Waals surface area contributed by atoms with Crippen LogP contribution in [0.1, 0.15) is 39.2 Å². The monoisotopic (exact) mass is 238 g/mol. The van der Waals surface area contributed by atoms with Crippen LogP contribution in [0.4, 0.5) is 0 Å². The number of rotatable bonds is 6. The first-order chi connectivity index (χ1) is 7.87. The Labute approximate surface area is 105 Å². The Balaban J connectivity index is 2.21.